The lowest BCUT2D eigenvalue weighted by atomic mass is 9.50. The Kier molecular flexibility index (Phi) is 5.80. The number of halogens is 3. The third-order valence-corrected chi connectivity index (χ3v) is 8.56. The molecule has 3 saturated carbocycles. The second-order valence-corrected chi connectivity index (χ2v) is 9.77. The molecule has 0 N–H and O–H groups in total. The minimum absolute atomic E-state index is 0.106. The fraction of sp³-hybridized carbons (Fsp3) is 0.955. The zero-order valence-electron chi connectivity index (χ0n) is 16.5. The number of rotatable bonds is 5. The third kappa shape index (κ3) is 3.58. The predicted molar refractivity (Wildman–Crippen MR) is 97.6 cm³/mol. The molecule has 0 amide bonds. The van der Waals surface area contributed by atoms with Gasteiger partial charge in [0, 0.05) is 12.3 Å². The topological polar surface area (TPSA) is 17.1 Å². The van der Waals surface area contributed by atoms with Crippen LogP contribution in [0.5, 0.6) is 0 Å². The van der Waals surface area contributed by atoms with Gasteiger partial charge in [-0.2, -0.15) is 13.2 Å². The summed E-state index contributed by atoms with van der Waals surface area (Å²) in [4.78, 5) is 11.4. The van der Waals surface area contributed by atoms with Crippen molar-refractivity contribution in [3.05, 3.63) is 0 Å². The van der Waals surface area contributed by atoms with Gasteiger partial charge in [-0.15, -0.1) is 0 Å². The Morgan fingerprint density at radius 3 is 2.46 bits per heavy atom. The highest BCUT2D eigenvalue weighted by molar-refractivity contribution is 5.53. The zero-order valence-corrected chi connectivity index (χ0v) is 16.5. The lowest BCUT2D eigenvalue weighted by Gasteiger charge is -2.55. The third-order valence-electron chi connectivity index (χ3n) is 8.56. The molecular formula is C22H35F3O. The van der Waals surface area contributed by atoms with Crippen molar-refractivity contribution in [2.75, 3.05) is 0 Å². The monoisotopic (exact) mass is 372 g/mol. The molecule has 0 aromatic rings. The fourth-order valence-corrected chi connectivity index (χ4v) is 7.57. The van der Waals surface area contributed by atoms with Crippen LogP contribution in [0, 0.1) is 46.8 Å². The molecule has 3 rings (SSSR count). The van der Waals surface area contributed by atoms with E-state index in [0.717, 1.165) is 51.2 Å². The van der Waals surface area contributed by atoms with Crippen molar-refractivity contribution in [3.63, 3.8) is 0 Å². The summed E-state index contributed by atoms with van der Waals surface area (Å²) in [5, 5.41) is 0. The summed E-state index contributed by atoms with van der Waals surface area (Å²) in [5.41, 5.74) is 0.217. The number of alkyl halides is 3. The molecule has 1 nitrogen and oxygen atoms in total. The quantitative estimate of drug-likeness (QED) is 0.493. The molecule has 7 unspecified atom stereocenters. The van der Waals surface area contributed by atoms with Gasteiger partial charge in [0.25, 0.3) is 0 Å². The van der Waals surface area contributed by atoms with Crippen molar-refractivity contribution in [2.24, 2.45) is 46.8 Å². The van der Waals surface area contributed by atoms with Crippen LogP contribution in [0.15, 0.2) is 0 Å². The van der Waals surface area contributed by atoms with E-state index in [0.29, 0.717) is 23.7 Å². The molecule has 0 heterocycles. The van der Waals surface area contributed by atoms with Gasteiger partial charge < -0.3 is 4.79 Å². The summed E-state index contributed by atoms with van der Waals surface area (Å²) in [6.45, 7) is 6.54. The molecule has 26 heavy (non-hydrogen) atoms. The van der Waals surface area contributed by atoms with E-state index in [2.05, 4.69) is 20.8 Å². The van der Waals surface area contributed by atoms with Crippen LogP contribution in [0.1, 0.15) is 78.6 Å². The van der Waals surface area contributed by atoms with Gasteiger partial charge in [-0.25, -0.2) is 0 Å². The second-order valence-electron chi connectivity index (χ2n) is 9.77. The Morgan fingerprint density at radius 2 is 1.85 bits per heavy atom. The van der Waals surface area contributed by atoms with Gasteiger partial charge in [-0.05, 0) is 79.4 Å². The first-order chi connectivity index (χ1) is 12.2. The minimum Gasteiger partial charge on any atom is -0.303 e. The van der Waals surface area contributed by atoms with E-state index in [1.807, 2.05) is 0 Å². The number of carbonyl (C=O) groups is 1. The Balaban J connectivity index is 1.80. The first kappa shape index (κ1) is 20.2. The molecule has 3 aliphatic rings. The largest absolute Gasteiger partial charge is 0.389 e. The van der Waals surface area contributed by atoms with Crippen molar-refractivity contribution in [1.29, 1.82) is 0 Å². The molecule has 0 spiro atoms. The van der Waals surface area contributed by atoms with Gasteiger partial charge in [0.15, 0.2) is 0 Å². The van der Waals surface area contributed by atoms with Crippen molar-refractivity contribution < 1.29 is 18.0 Å². The van der Waals surface area contributed by atoms with Gasteiger partial charge in [-0.1, -0.05) is 33.6 Å². The normalized spacial score (nSPS) is 44.2. The van der Waals surface area contributed by atoms with Crippen LogP contribution in [0.4, 0.5) is 13.2 Å². The number of hydrogen-bond acceptors (Lipinski definition) is 1. The van der Waals surface area contributed by atoms with Gasteiger partial charge in [0.05, 0.1) is 0 Å². The predicted octanol–water partition coefficient (Wildman–Crippen LogP) is 6.66. The number of aldehydes is 1. The van der Waals surface area contributed by atoms with E-state index < -0.39 is 12.6 Å². The number of fused-ring (bicyclic) bond motifs is 3. The maximum atomic E-state index is 13.1. The average molecular weight is 373 g/mol. The molecule has 0 aromatic carbocycles. The summed E-state index contributed by atoms with van der Waals surface area (Å²) in [5.74, 6) is 2.30. The Labute approximate surface area is 156 Å². The van der Waals surface area contributed by atoms with Crippen molar-refractivity contribution in [2.45, 2.75) is 84.7 Å². The maximum absolute atomic E-state index is 13.1. The van der Waals surface area contributed by atoms with E-state index in [9.17, 15) is 18.0 Å². The number of carbonyl (C=O) groups excluding carboxylic acids is 1. The smallest absolute Gasteiger partial charge is 0.303 e. The molecule has 3 aliphatic carbocycles. The fourth-order valence-electron chi connectivity index (χ4n) is 7.57. The van der Waals surface area contributed by atoms with E-state index in [-0.39, 0.29) is 23.2 Å². The highest BCUT2D eigenvalue weighted by atomic mass is 19.4. The standard InChI is InChI=1S/C22H35F3O/c1-4-5-16-15(12-22(23,24)25)6-7-18-17(16)10-11-21(3)19(14(2)13-26)8-9-20(18)21/h13-20H,4-12H2,1-3H3/t14-,15?,16?,17?,18?,19?,20?,21?/m1/s1. The van der Waals surface area contributed by atoms with Crippen LogP contribution in [0.2, 0.25) is 0 Å². The average Bonchev–Trinajstić information content (AvgIpc) is 2.92. The molecule has 0 bridgehead atoms. The summed E-state index contributed by atoms with van der Waals surface area (Å²) in [6, 6.07) is 0. The molecule has 4 heteroatoms. The van der Waals surface area contributed by atoms with E-state index in [4.69, 9.17) is 0 Å². The molecule has 0 radical (unpaired) electrons. The first-order valence-corrected chi connectivity index (χ1v) is 10.7. The van der Waals surface area contributed by atoms with Crippen LogP contribution in [-0.2, 0) is 4.79 Å². The van der Waals surface area contributed by atoms with Crippen LogP contribution in [0.3, 0.4) is 0 Å². The Bertz CT molecular complexity index is 502. The van der Waals surface area contributed by atoms with Crippen LogP contribution >= 0.6 is 0 Å². The molecular weight excluding hydrogens is 337 g/mol. The van der Waals surface area contributed by atoms with Crippen LogP contribution in [-0.4, -0.2) is 12.5 Å². The molecule has 0 saturated heterocycles. The molecule has 3 fully saturated rings. The Hall–Kier alpha value is -0.540. The van der Waals surface area contributed by atoms with Crippen molar-refractivity contribution in [1.82, 2.24) is 0 Å². The molecule has 150 valence electrons. The van der Waals surface area contributed by atoms with Crippen molar-refractivity contribution >= 4 is 6.29 Å². The summed E-state index contributed by atoms with van der Waals surface area (Å²) in [6.07, 6.45) is 4.58. The van der Waals surface area contributed by atoms with Gasteiger partial charge in [0.2, 0.25) is 0 Å². The lowest BCUT2D eigenvalue weighted by molar-refractivity contribution is -0.161. The van der Waals surface area contributed by atoms with Crippen molar-refractivity contribution in [3.8, 4) is 0 Å². The van der Waals surface area contributed by atoms with E-state index >= 15 is 0 Å². The Morgan fingerprint density at radius 1 is 1.12 bits per heavy atom. The lowest BCUT2D eigenvalue weighted by Crippen LogP contribution is -2.48. The summed E-state index contributed by atoms with van der Waals surface area (Å²) < 4.78 is 39.3. The zero-order chi connectivity index (χ0) is 19.1. The van der Waals surface area contributed by atoms with Gasteiger partial charge in [-0.3, -0.25) is 0 Å². The van der Waals surface area contributed by atoms with Crippen LogP contribution in [0.25, 0.3) is 0 Å². The van der Waals surface area contributed by atoms with Crippen LogP contribution < -0.4 is 0 Å². The first-order valence-electron chi connectivity index (χ1n) is 10.7. The minimum atomic E-state index is -4.04. The van der Waals surface area contributed by atoms with Gasteiger partial charge in [0.1, 0.15) is 6.29 Å². The van der Waals surface area contributed by atoms with E-state index in [1.165, 1.54) is 6.42 Å². The highest BCUT2D eigenvalue weighted by Gasteiger charge is 2.57. The highest BCUT2D eigenvalue weighted by Crippen LogP contribution is 2.64. The SMILES string of the molecule is CCCC1C(CC(F)(F)F)CCC2C1CCC1(C)C2CCC1[C@H](C)C=O. The summed E-state index contributed by atoms with van der Waals surface area (Å²) >= 11 is 0. The molecule has 0 aromatic heterocycles. The van der Waals surface area contributed by atoms with Gasteiger partial charge >= 0.3 is 6.18 Å². The van der Waals surface area contributed by atoms with E-state index in [1.54, 1.807) is 0 Å². The summed E-state index contributed by atoms with van der Waals surface area (Å²) in [7, 11) is 0. The maximum Gasteiger partial charge on any atom is 0.389 e. The second kappa shape index (κ2) is 7.47. The number of hydrogen-bond donors (Lipinski definition) is 0. The molecule has 8 atom stereocenters. The molecule has 0 aliphatic heterocycles.